The van der Waals surface area contributed by atoms with Crippen molar-refractivity contribution in [1.29, 1.82) is 0 Å². The van der Waals surface area contributed by atoms with Crippen molar-refractivity contribution in [3.63, 3.8) is 0 Å². The van der Waals surface area contributed by atoms with Crippen molar-refractivity contribution >= 4 is 5.97 Å². The Balaban J connectivity index is 2.10. The molecule has 0 bridgehead atoms. The van der Waals surface area contributed by atoms with Crippen LogP contribution in [0.1, 0.15) is 96.8 Å². The fourth-order valence-electron chi connectivity index (χ4n) is 3.78. The molecule has 158 valence electrons. The van der Waals surface area contributed by atoms with Gasteiger partial charge in [-0.25, -0.2) is 4.79 Å². The molecule has 0 aromatic rings. The zero-order valence-electron chi connectivity index (χ0n) is 17.9. The molecule has 1 rings (SSSR count). The molecule has 0 N–H and O–H groups in total. The van der Waals surface area contributed by atoms with Crippen molar-refractivity contribution in [2.24, 2.45) is 0 Å². The van der Waals surface area contributed by atoms with Gasteiger partial charge in [-0.05, 0) is 12.8 Å². The number of hydrogen-bond acceptors (Lipinski definition) is 4. The first-order valence-electron chi connectivity index (χ1n) is 11.1. The van der Waals surface area contributed by atoms with E-state index in [2.05, 4.69) is 6.92 Å². The number of ether oxygens (including phenoxy) is 3. The second kappa shape index (κ2) is 16.1. The van der Waals surface area contributed by atoms with Gasteiger partial charge in [0.25, 0.3) is 0 Å². The number of cyclic esters (lactones) is 1. The predicted octanol–water partition coefficient (Wildman–Crippen LogP) is 5.98. The maximum atomic E-state index is 11.4. The number of hydrogen-bond donors (Lipinski definition) is 0. The molecule has 1 aliphatic heterocycles. The summed E-state index contributed by atoms with van der Waals surface area (Å²) in [5, 5.41) is 0. The van der Waals surface area contributed by atoms with Crippen molar-refractivity contribution in [2.75, 3.05) is 14.2 Å². The Kier molecular flexibility index (Phi) is 14.4. The van der Waals surface area contributed by atoms with Crippen LogP contribution in [0, 0.1) is 0 Å². The second-order valence-corrected chi connectivity index (χ2v) is 7.85. The van der Waals surface area contributed by atoms with Crippen LogP contribution in [0.5, 0.6) is 0 Å². The van der Waals surface area contributed by atoms with E-state index in [0.717, 1.165) is 25.7 Å². The minimum atomic E-state index is -0.241. The number of esters is 1. The highest BCUT2D eigenvalue weighted by atomic mass is 16.5. The number of unbranched alkanes of at least 4 members (excludes halogenated alkanes) is 9. The topological polar surface area (TPSA) is 44.8 Å². The Morgan fingerprint density at radius 3 is 2.11 bits per heavy atom. The van der Waals surface area contributed by atoms with Crippen molar-refractivity contribution in [3.05, 3.63) is 12.2 Å². The van der Waals surface area contributed by atoms with E-state index in [9.17, 15) is 4.79 Å². The summed E-state index contributed by atoms with van der Waals surface area (Å²) in [7, 11) is 3.52. The SMILES string of the molecule is CCCCCCCCCCCC[C@H](C[C@@H](C[C@@H]1CC=CC(=O)O1)OC)OC. The first kappa shape index (κ1) is 24.2. The molecule has 4 nitrogen and oxygen atoms in total. The van der Waals surface area contributed by atoms with Gasteiger partial charge in [-0.2, -0.15) is 0 Å². The van der Waals surface area contributed by atoms with Gasteiger partial charge in [0.15, 0.2) is 0 Å². The number of methoxy groups -OCH3 is 2. The van der Waals surface area contributed by atoms with E-state index < -0.39 is 0 Å². The van der Waals surface area contributed by atoms with Gasteiger partial charge in [-0.1, -0.05) is 77.2 Å². The van der Waals surface area contributed by atoms with Crippen LogP contribution in [-0.2, 0) is 19.0 Å². The summed E-state index contributed by atoms with van der Waals surface area (Å²) in [4.78, 5) is 11.4. The van der Waals surface area contributed by atoms with E-state index in [1.165, 1.54) is 70.3 Å². The first-order chi connectivity index (χ1) is 13.2. The van der Waals surface area contributed by atoms with E-state index in [0.29, 0.717) is 0 Å². The Bertz CT molecular complexity index is 394. The average molecular weight is 383 g/mol. The van der Waals surface area contributed by atoms with Crippen LogP contribution >= 0.6 is 0 Å². The fraction of sp³-hybridized carbons (Fsp3) is 0.870. The van der Waals surface area contributed by atoms with Crippen molar-refractivity contribution < 1.29 is 19.0 Å². The summed E-state index contributed by atoms with van der Waals surface area (Å²) >= 11 is 0. The largest absolute Gasteiger partial charge is 0.459 e. The minimum Gasteiger partial charge on any atom is -0.459 e. The van der Waals surface area contributed by atoms with Crippen molar-refractivity contribution in [3.8, 4) is 0 Å². The highest BCUT2D eigenvalue weighted by molar-refractivity contribution is 5.82. The molecule has 1 aliphatic rings. The Morgan fingerprint density at radius 1 is 0.963 bits per heavy atom. The van der Waals surface area contributed by atoms with Gasteiger partial charge in [0.05, 0.1) is 12.2 Å². The van der Waals surface area contributed by atoms with Gasteiger partial charge < -0.3 is 14.2 Å². The van der Waals surface area contributed by atoms with E-state index in [4.69, 9.17) is 14.2 Å². The molecule has 0 amide bonds. The van der Waals surface area contributed by atoms with Crippen LogP contribution < -0.4 is 0 Å². The molecule has 0 saturated heterocycles. The van der Waals surface area contributed by atoms with E-state index in [1.807, 2.05) is 6.08 Å². The minimum absolute atomic E-state index is 0.0673. The summed E-state index contributed by atoms with van der Waals surface area (Å²) in [6.07, 6.45) is 20.6. The number of rotatable bonds is 17. The maximum Gasteiger partial charge on any atom is 0.330 e. The molecule has 0 unspecified atom stereocenters. The van der Waals surface area contributed by atoms with E-state index >= 15 is 0 Å². The van der Waals surface area contributed by atoms with Crippen molar-refractivity contribution in [1.82, 2.24) is 0 Å². The van der Waals surface area contributed by atoms with E-state index in [-0.39, 0.29) is 24.3 Å². The lowest BCUT2D eigenvalue weighted by atomic mass is 9.98. The summed E-state index contributed by atoms with van der Waals surface area (Å²) in [6.45, 7) is 2.27. The standard InChI is InChI=1S/C23H42O4/c1-4-5-6-7-8-9-10-11-12-13-15-20(25-2)18-22(26-3)19-21-16-14-17-23(24)27-21/h14,17,20-22H,4-13,15-16,18-19H2,1-3H3/t20-,21+,22+/m1/s1. The zero-order valence-corrected chi connectivity index (χ0v) is 17.9. The van der Waals surface area contributed by atoms with Gasteiger partial charge >= 0.3 is 5.97 Å². The Labute approximate surface area is 167 Å². The molecule has 1 heterocycles. The molecule has 4 heteroatoms. The molecule has 0 aromatic carbocycles. The molecule has 0 aliphatic carbocycles. The summed E-state index contributed by atoms with van der Waals surface area (Å²) in [5.74, 6) is -0.241. The highest BCUT2D eigenvalue weighted by Crippen LogP contribution is 2.21. The third-order valence-corrected chi connectivity index (χ3v) is 5.53. The van der Waals surface area contributed by atoms with Gasteiger partial charge in [0, 0.05) is 33.1 Å². The predicted molar refractivity (Wildman–Crippen MR) is 111 cm³/mol. The molecule has 0 radical (unpaired) electrons. The fourth-order valence-corrected chi connectivity index (χ4v) is 3.78. The molecule has 0 saturated carbocycles. The van der Waals surface area contributed by atoms with Crippen LogP contribution in [0.3, 0.4) is 0 Å². The van der Waals surface area contributed by atoms with Crippen LogP contribution in [0.2, 0.25) is 0 Å². The zero-order chi connectivity index (χ0) is 19.7. The molecule has 3 atom stereocenters. The van der Waals surface area contributed by atoms with Crippen LogP contribution in [0.25, 0.3) is 0 Å². The quantitative estimate of drug-likeness (QED) is 0.229. The molecule has 0 spiro atoms. The molecular weight excluding hydrogens is 340 g/mol. The van der Waals surface area contributed by atoms with Gasteiger partial charge in [-0.15, -0.1) is 0 Å². The molecular formula is C23H42O4. The molecule has 0 fully saturated rings. The lowest BCUT2D eigenvalue weighted by Gasteiger charge is -2.26. The lowest BCUT2D eigenvalue weighted by Crippen LogP contribution is -2.29. The van der Waals surface area contributed by atoms with Gasteiger partial charge in [0.1, 0.15) is 6.10 Å². The van der Waals surface area contributed by atoms with Crippen LogP contribution in [-0.4, -0.2) is 38.5 Å². The van der Waals surface area contributed by atoms with Gasteiger partial charge in [-0.3, -0.25) is 0 Å². The summed E-state index contributed by atoms with van der Waals surface area (Å²) in [6, 6.07) is 0. The third-order valence-electron chi connectivity index (χ3n) is 5.53. The Hall–Kier alpha value is -0.870. The van der Waals surface area contributed by atoms with Crippen LogP contribution in [0.15, 0.2) is 12.2 Å². The molecule has 27 heavy (non-hydrogen) atoms. The van der Waals surface area contributed by atoms with Crippen molar-refractivity contribution in [2.45, 2.75) is 115 Å². The highest BCUT2D eigenvalue weighted by Gasteiger charge is 2.23. The lowest BCUT2D eigenvalue weighted by molar-refractivity contribution is -0.146. The Morgan fingerprint density at radius 2 is 1.56 bits per heavy atom. The van der Waals surface area contributed by atoms with Crippen LogP contribution in [0.4, 0.5) is 0 Å². The first-order valence-corrected chi connectivity index (χ1v) is 11.1. The second-order valence-electron chi connectivity index (χ2n) is 7.85. The van der Waals surface area contributed by atoms with E-state index in [1.54, 1.807) is 14.2 Å². The summed E-state index contributed by atoms with van der Waals surface area (Å²) in [5.41, 5.74) is 0. The summed E-state index contributed by atoms with van der Waals surface area (Å²) < 4.78 is 16.7. The maximum absolute atomic E-state index is 11.4. The molecule has 0 aromatic heterocycles. The third kappa shape index (κ3) is 12.2. The number of carbonyl (C=O) groups excluding carboxylic acids is 1. The van der Waals surface area contributed by atoms with Gasteiger partial charge in [0.2, 0.25) is 0 Å². The number of carbonyl (C=O) groups is 1. The smallest absolute Gasteiger partial charge is 0.330 e. The average Bonchev–Trinajstić information content (AvgIpc) is 2.67. The normalized spacial score (nSPS) is 19.1. The monoisotopic (exact) mass is 382 g/mol.